The van der Waals surface area contributed by atoms with E-state index in [0.717, 1.165) is 57.5 Å². The molecule has 1 aromatic carbocycles. The molecule has 0 saturated carbocycles. The molecule has 1 amide bonds. The van der Waals surface area contributed by atoms with Crippen molar-refractivity contribution in [3.63, 3.8) is 0 Å². The molecular formula is C23H25N7OS. The molecule has 0 bridgehead atoms. The highest BCUT2D eigenvalue weighted by Gasteiger charge is 2.27. The van der Waals surface area contributed by atoms with Gasteiger partial charge in [0.25, 0.3) is 0 Å². The monoisotopic (exact) mass is 447 g/mol. The Morgan fingerprint density at radius 2 is 1.91 bits per heavy atom. The minimum atomic E-state index is -0.103. The number of anilines is 2. The maximum Gasteiger partial charge on any atom is 0.229 e. The second-order valence-corrected chi connectivity index (χ2v) is 9.51. The van der Waals surface area contributed by atoms with Crippen molar-refractivity contribution in [2.24, 2.45) is 5.92 Å². The molecule has 0 aliphatic carbocycles. The van der Waals surface area contributed by atoms with Crippen LogP contribution in [0.15, 0.2) is 36.4 Å². The summed E-state index contributed by atoms with van der Waals surface area (Å²) in [7, 11) is 0. The Balaban J connectivity index is 1.27. The molecule has 3 aromatic heterocycles. The number of thiazole rings is 1. The maximum absolute atomic E-state index is 13.0. The average molecular weight is 448 g/mol. The molecule has 1 atom stereocenters. The number of hydrogen-bond acceptors (Lipinski definition) is 7. The van der Waals surface area contributed by atoms with Gasteiger partial charge in [0.1, 0.15) is 0 Å². The fraction of sp³-hybridized carbons (Fsp3) is 0.348. The highest BCUT2D eigenvalue weighted by molar-refractivity contribution is 7.18. The summed E-state index contributed by atoms with van der Waals surface area (Å²) in [5.74, 6) is 1.41. The number of nitrogens with one attached hydrogen (secondary N) is 1. The standard InChI is InChI=1S/C23H25N7OS/c1-14-11-15(2)30(28-14)22-9-8-21(26-27-22)29-10-4-5-17(13-29)23(31)25-18-6-7-20-19(12-18)24-16(3)32-20/h6-9,11-12,17H,4-5,10,13H2,1-3H3,(H,25,31)/t17-/m1/s1. The number of benzene rings is 1. The SMILES string of the molecule is Cc1cc(C)n(-c2ccc(N3CCC[C@@H](C(=O)Nc4ccc5sc(C)nc5c4)C3)nn2)n1. The highest BCUT2D eigenvalue weighted by atomic mass is 32.1. The molecule has 0 unspecified atom stereocenters. The Kier molecular flexibility index (Phi) is 5.34. The van der Waals surface area contributed by atoms with E-state index in [1.807, 2.05) is 57.2 Å². The summed E-state index contributed by atoms with van der Waals surface area (Å²) in [6.45, 7) is 7.43. The van der Waals surface area contributed by atoms with Crippen molar-refractivity contribution in [3.8, 4) is 5.82 Å². The van der Waals surface area contributed by atoms with Gasteiger partial charge in [-0.05, 0) is 70.0 Å². The molecule has 4 heterocycles. The highest BCUT2D eigenvalue weighted by Crippen LogP contribution is 2.26. The Bertz CT molecular complexity index is 1280. The van der Waals surface area contributed by atoms with Gasteiger partial charge >= 0.3 is 0 Å². The molecule has 1 fully saturated rings. The number of piperidine rings is 1. The fourth-order valence-corrected chi connectivity index (χ4v) is 5.03. The molecule has 1 saturated heterocycles. The van der Waals surface area contributed by atoms with Gasteiger partial charge < -0.3 is 10.2 Å². The fourth-order valence-electron chi connectivity index (χ4n) is 4.22. The molecule has 0 spiro atoms. The maximum atomic E-state index is 13.0. The van der Waals surface area contributed by atoms with E-state index in [1.54, 1.807) is 16.0 Å². The quantitative estimate of drug-likeness (QED) is 0.508. The Labute approximate surface area is 190 Å². The summed E-state index contributed by atoms with van der Waals surface area (Å²) in [5, 5.41) is 17.4. The number of fused-ring (bicyclic) bond motifs is 1. The minimum Gasteiger partial charge on any atom is -0.354 e. The topological polar surface area (TPSA) is 88.8 Å². The zero-order valence-corrected chi connectivity index (χ0v) is 19.2. The molecule has 32 heavy (non-hydrogen) atoms. The Morgan fingerprint density at radius 3 is 2.66 bits per heavy atom. The summed E-state index contributed by atoms with van der Waals surface area (Å²) in [6.07, 6.45) is 1.79. The van der Waals surface area contributed by atoms with Crippen LogP contribution in [0.5, 0.6) is 0 Å². The zero-order chi connectivity index (χ0) is 22.2. The van der Waals surface area contributed by atoms with Crippen LogP contribution in [0, 0.1) is 26.7 Å². The van der Waals surface area contributed by atoms with Gasteiger partial charge in [0, 0.05) is 24.5 Å². The van der Waals surface area contributed by atoms with Crippen LogP contribution in [0.1, 0.15) is 29.2 Å². The van der Waals surface area contributed by atoms with Crippen molar-refractivity contribution in [2.45, 2.75) is 33.6 Å². The lowest BCUT2D eigenvalue weighted by Gasteiger charge is -2.32. The minimum absolute atomic E-state index is 0.0354. The van der Waals surface area contributed by atoms with E-state index < -0.39 is 0 Å². The van der Waals surface area contributed by atoms with Crippen LogP contribution in [0.2, 0.25) is 0 Å². The van der Waals surface area contributed by atoms with Gasteiger partial charge in [-0.15, -0.1) is 21.5 Å². The van der Waals surface area contributed by atoms with Crippen molar-refractivity contribution < 1.29 is 4.79 Å². The third kappa shape index (κ3) is 4.08. The van der Waals surface area contributed by atoms with E-state index in [-0.39, 0.29) is 11.8 Å². The van der Waals surface area contributed by atoms with Crippen LogP contribution < -0.4 is 10.2 Å². The van der Waals surface area contributed by atoms with Gasteiger partial charge in [-0.25, -0.2) is 9.67 Å². The lowest BCUT2D eigenvalue weighted by molar-refractivity contribution is -0.120. The Hall–Kier alpha value is -3.33. The number of carbonyl (C=O) groups is 1. The first kappa shape index (κ1) is 20.6. The number of hydrogen-bond donors (Lipinski definition) is 1. The third-order valence-electron chi connectivity index (χ3n) is 5.74. The first-order valence-corrected chi connectivity index (χ1v) is 11.6. The van der Waals surface area contributed by atoms with Gasteiger partial charge in [-0.3, -0.25) is 4.79 Å². The van der Waals surface area contributed by atoms with E-state index in [9.17, 15) is 4.79 Å². The number of amides is 1. The molecular weight excluding hydrogens is 422 g/mol. The zero-order valence-electron chi connectivity index (χ0n) is 18.4. The number of aromatic nitrogens is 5. The van der Waals surface area contributed by atoms with Crippen molar-refractivity contribution in [2.75, 3.05) is 23.3 Å². The van der Waals surface area contributed by atoms with Gasteiger partial charge in [0.15, 0.2) is 11.6 Å². The van der Waals surface area contributed by atoms with E-state index >= 15 is 0 Å². The van der Waals surface area contributed by atoms with Crippen LogP contribution in [0.4, 0.5) is 11.5 Å². The molecule has 8 nitrogen and oxygen atoms in total. The molecule has 0 radical (unpaired) electrons. The second-order valence-electron chi connectivity index (χ2n) is 8.28. The van der Waals surface area contributed by atoms with E-state index in [1.165, 1.54) is 0 Å². The third-order valence-corrected chi connectivity index (χ3v) is 6.69. The summed E-state index contributed by atoms with van der Waals surface area (Å²) in [4.78, 5) is 19.6. The van der Waals surface area contributed by atoms with Crippen LogP contribution in [-0.4, -0.2) is 44.0 Å². The van der Waals surface area contributed by atoms with E-state index in [4.69, 9.17) is 0 Å². The van der Waals surface area contributed by atoms with E-state index in [0.29, 0.717) is 12.4 Å². The van der Waals surface area contributed by atoms with Gasteiger partial charge in [0.2, 0.25) is 5.91 Å². The number of rotatable bonds is 4. The van der Waals surface area contributed by atoms with Gasteiger partial charge in [-0.2, -0.15) is 5.10 Å². The summed E-state index contributed by atoms with van der Waals surface area (Å²) in [6, 6.07) is 11.8. The lowest BCUT2D eigenvalue weighted by Crippen LogP contribution is -2.41. The summed E-state index contributed by atoms with van der Waals surface area (Å²) >= 11 is 1.66. The molecule has 1 N–H and O–H groups in total. The molecule has 4 aromatic rings. The Morgan fingerprint density at radius 1 is 1.09 bits per heavy atom. The second kappa shape index (κ2) is 8.31. The first-order chi connectivity index (χ1) is 15.5. The summed E-state index contributed by atoms with van der Waals surface area (Å²) in [5.41, 5.74) is 3.68. The van der Waals surface area contributed by atoms with Crippen LogP contribution in [0.25, 0.3) is 16.0 Å². The predicted molar refractivity (Wildman–Crippen MR) is 127 cm³/mol. The molecule has 5 rings (SSSR count). The molecule has 1 aliphatic heterocycles. The van der Waals surface area contributed by atoms with Gasteiger partial charge in [-0.1, -0.05) is 0 Å². The molecule has 164 valence electrons. The largest absolute Gasteiger partial charge is 0.354 e. The number of carbonyl (C=O) groups excluding carboxylic acids is 1. The van der Waals surface area contributed by atoms with Crippen LogP contribution in [-0.2, 0) is 4.79 Å². The van der Waals surface area contributed by atoms with Crippen molar-refractivity contribution in [3.05, 3.63) is 52.8 Å². The average Bonchev–Trinajstić information content (AvgIpc) is 3.33. The van der Waals surface area contributed by atoms with Crippen LogP contribution >= 0.6 is 11.3 Å². The predicted octanol–water partition coefficient (Wildman–Crippen LogP) is 4.05. The van der Waals surface area contributed by atoms with Crippen LogP contribution in [0.3, 0.4) is 0 Å². The van der Waals surface area contributed by atoms with E-state index in [2.05, 4.69) is 30.5 Å². The normalized spacial score (nSPS) is 16.5. The molecule has 9 heteroatoms. The van der Waals surface area contributed by atoms with Gasteiger partial charge in [0.05, 0.1) is 26.8 Å². The van der Waals surface area contributed by atoms with Crippen molar-refractivity contribution in [1.82, 2.24) is 25.0 Å². The lowest BCUT2D eigenvalue weighted by atomic mass is 9.97. The molecule has 1 aliphatic rings. The van der Waals surface area contributed by atoms with Crippen molar-refractivity contribution >= 4 is 39.0 Å². The number of nitrogens with zero attached hydrogens (tertiary/aromatic N) is 6. The van der Waals surface area contributed by atoms with Crippen molar-refractivity contribution in [1.29, 1.82) is 0 Å². The smallest absolute Gasteiger partial charge is 0.229 e. The number of aryl methyl sites for hydroxylation is 3. The first-order valence-electron chi connectivity index (χ1n) is 10.8. The summed E-state index contributed by atoms with van der Waals surface area (Å²) < 4.78 is 2.92.